The van der Waals surface area contributed by atoms with E-state index in [2.05, 4.69) is 0 Å². The number of benzene rings is 2. The summed E-state index contributed by atoms with van der Waals surface area (Å²) in [6.45, 7) is 1.09. The Morgan fingerprint density at radius 3 is 2.02 bits per heavy atom. The van der Waals surface area contributed by atoms with E-state index in [4.69, 9.17) is 9.15 Å². The van der Waals surface area contributed by atoms with Crippen molar-refractivity contribution in [2.45, 2.75) is 25.4 Å². The fourth-order valence-corrected chi connectivity index (χ4v) is 4.50. The highest BCUT2D eigenvalue weighted by Crippen LogP contribution is 2.36. The minimum atomic E-state index is -5.15. The molecule has 0 aliphatic carbocycles. The molecule has 43 heavy (non-hydrogen) atoms. The molecule has 0 N–H and O–H groups in total. The van der Waals surface area contributed by atoms with Gasteiger partial charge in [0.15, 0.2) is 0 Å². The molecule has 0 radical (unpaired) electrons. The Kier molecular flexibility index (Phi) is 10.1. The Morgan fingerprint density at radius 1 is 0.837 bits per heavy atom. The van der Waals surface area contributed by atoms with E-state index in [0.29, 0.717) is 49.8 Å². The monoisotopic (exact) mass is 615 g/mol. The molecule has 0 atom stereocenters. The maximum absolute atomic E-state index is 13.6. The third-order valence-electron chi connectivity index (χ3n) is 6.80. The maximum atomic E-state index is 13.6. The first-order valence-electron chi connectivity index (χ1n) is 13.2. The number of ether oxygens (including phenoxy) is 1. The number of halogens is 7. The van der Waals surface area contributed by atoms with Crippen molar-refractivity contribution >= 4 is 11.8 Å². The van der Waals surface area contributed by atoms with Crippen molar-refractivity contribution in [2.24, 2.45) is 0 Å². The molecule has 0 saturated carbocycles. The van der Waals surface area contributed by atoms with Gasteiger partial charge in [0.1, 0.15) is 18.1 Å². The Bertz CT molecular complexity index is 1340. The van der Waals surface area contributed by atoms with Crippen LogP contribution in [0.1, 0.15) is 32.8 Å². The van der Waals surface area contributed by atoms with E-state index in [9.17, 15) is 40.3 Å². The van der Waals surface area contributed by atoms with Gasteiger partial charge in [-0.05, 0) is 48.0 Å². The normalized spacial score (nSPS) is 14.5. The van der Waals surface area contributed by atoms with Gasteiger partial charge in [0.25, 0.3) is 5.91 Å². The van der Waals surface area contributed by atoms with Crippen LogP contribution in [0.25, 0.3) is 0 Å². The average Bonchev–Trinajstić information content (AvgIpc) is 3.48. The summed E-state index contributed by atoms with van der Waals surface area (Å²) in [4.78, 5) is 31.3. The van der Waals surface area contributed by atoms with Crippen molar-refractivity contribution in [1.82, 2.24) is 14.7 Å². The second kappa shape index (κ2) is 13.6. The number of furan rings is 1. The lowest BCUT2D eigenvalue weighted by Crippen LogP contribution is -2.47. The molecule has 2 heterocycles. The van der Waals surface area contributed by atoms with Gasteiger partial charge >= 0.3 is 12.4 Å². The molecule has 1 aliphatic heterocycles. The van der Waals surface area contributed by atoms with Gasteiger partial charge in [0.2, 0.25) is 5.91 Å². The lowest BCUT2D eigenvalue weighted by Gasteiger charge is -2.31. The minimum absolute atomic E-state index is 0.0346. The fourth-order valence-electron chi connectivity index (χ4n) is 4.50. The second-order valence-electron chi connectivity index (χ2n) is 9.93. The van der Waals surface area contributed by atoms with E-state index < -0.39 is 53.2 Å². The quantitative estimate of drug-likeness (QED) is 0.284. The zero-order valence-electron chi connectivity index (χ0n) is 22.8. The predicted molar refractivity (Wildman–Crippen MR) is 139 cm³/mol. The fraction of sp³-hybridized carbons (Fsp3) is 0.379. The first kappa shape index (κ1) is 32.0. The Hall–Kier alpha value is -3.91. The number of hydrogen-bond donors (Lipinski definition) is 0. The standard InChI is InChI=1S/C29H28F7N3O4/c30-24-5-3-20(4-6-24)17-39(18-25-2-1-11-43-25)26(40)19-38(8-7-37-9-12-42-13-10-37)27(41)21-14-22(28(31,32)33)16-23(15-21)29(34,35)36/h1-6,11,14-16H,7-10,12-13,17-19H2. The summed E-state index contributed by atoms with van der Waals surface area (Å²) in [6, 6.07) is 9.16. The molecule has 14 heteroatoms. The molecule has 0 bridgehead atoms. The number of carbonyl (C=O) groups excluding carboxylic acids is 2. The molecule has 4 rings (SSSR count). The summed E-state index contributed by atoms with van der Waals surface area (Å²) < 4.78 is 105. The predicted octanol–water partition coefficient (Wildman–Crippen LogP) is 5.46. The number of morpholine rings is 1. The number of amides is 2. The van der Waals surface area contributed by atoms with E-state index >= 15 is 0 Å². The zero-order chi connectivity index (χ0) is 31.2. The van der Waals surface area contributed by atoms with E-state index in [1.807, 2.05) is 4.90 Å². The number of nitrogens with zero attached hydrogens (tertiary/aromatic N) is 3. The highest BCUT2D eigenvalue weighted by Gasteiger charge is 2.38. The van der Waals surface area contributed by atoms with Gasteiger partial charge in [-0.25, -0.2) is 4.39 Å². The molecule has 232 valence electrons. The van der Waals surface area contributed by atoms with Gasteiger partial charge in [0, 0.05) is 38.3 Å². The van der Waals surface area contributed by atoms with Crippen LogP contribution in [0, 0.1) is 5.82 Å². The number of alkyl halides is 6. The van der Waals surface area contributed by atoms with Gasteiger partial charge < -0.3 is 19.0 Å². The number of rotatable bonds is 10. The van der Waals surface area contributed by atoms with Crippen molar-refractivity contribution in [3.8, 4) is 0 Å². The Labute approximate surface area is 242 Å². The molecule has 0 spiro atoms. The number of carbonyl (C=O) groups is 2. The third-order valence-corrected chi connectivity index (χ3v) is 6.80. The van der Waals surface area contributed by atoms with Crippen LogP contribution >= 0.6 is 0 Å². The van der Waals surface area contributed by atoms with Crippen LogP contribution in [0.4, 0.5) is 30.7 Å². The van der Waals surface area contributed by atoms with Crippen LogP contribution in [-0.2, 0) is 35.0 Å². The molecule has 2 amide bonds. The molecule has 1 aromatic heterocycles. The highest BCUT2D eigenvalue weighted by atomic mass is 19.4. The summed E-state index contributed by atoms with van der Waals surface area (Å²) in [6.07, 6.45) is -8.92. The van der Waals surface area contributed by atoms with Crippen molar-refractivity contribution in [3.05, 3.63) is 94.7 Å². The van der Waals surface area contributed by atoms with Crippen LogP contribution in [0.5, 0.6) is 0 Å². The lowest BCUT2D eigenvalue weighted by atomic mass is 10.0. The molecule has 1 aliphatic rings. The van der Waals surface area contributed by atoms with Gasteiger partial charge in [0.05, 0.1) is 37.1 Å². The van der Waals surface area contributed by atoms with Crippen molar-refractivity contribution in [3.63, 3.8) is 0 Å². The van der Waals surface area contributed by atoms with Gasteiger partial charge in [-0.1, -0.05) is 12.1 Å². The first-order chi connectivity index (χ1) is 20.3. The van der Waals surface area contributed by atoms with E-state index in [1.165, 1.54) is 35.4 Å². The summed E-state index contributed by atoms with van der Waals surface area (Å²) in [5.41, 5.74) is -3.59. The van der Waals surface area contributed by atoms with Crippen LogP contribution in [0.3, 0.4) is 0 Å². The van der Waals surface area contributed by atoms with Crippen LogP contribution in [-0.4, -0.2) is 72.5 Å². The van der Waals surface area contributed by atoms with Crippen molar-refractivity contribution in [1.29, 1.82) is 0 Å². The summed E-state index contributed by atoms with van der Waals surface area (Å²) in [5, 5.41) is 0. The smallest absolute Gasteiger partial charge is 0.416 e. The van der Waals surface area contributed by atoms with Crippen LogP contribution in [0.15, 0.2) is 65.3 Å². The highest BCUT2D eigenvalue weighted by molar-refractivity contribution is 5.97. The summed E-state index contributed by atoms with van der Waals surface area (Å²) >= 11 is 0. The second-order valence-corrected chi connectivity index (χ2v) is 9.93. The average molecular weight is 616 g/mol. The Morgan fingerprint density at radius 2 is 1.47 bits per heavy atom. The van der Waals surface area contributed by atoms with Crippen LogP contribution < -0.4 is 0 Å². The Balaban J connectivity index is 1.64. The van der Waals surface area contributed by atoms with E-state index in [0.717, 1.165) is 4.90 Å². The SMILES string of the molecule is O=C(CN(CCN1CCOCC1)C(=O)c1cc(C(F)(F)F)cc(C(F)(F)F)c1)N(Cc1ccc(F)cc1)Cc1ccco1. The molecular formula is C29H28F7N3O4. The number of hydrogen-bond acceptors (Lipinski definition) is 5. The van der Waals surface area contributed by atoms with Crippen LogP contribution in [0.2, 0.25) is 0 Å². The zero-order valence-corrected chi connectivity index (χ0v) is 22.8. The third kappa shape index (κ3) is 9.04. The maximum Gasteiger partial charge on any atom is 0.416 e. The van der Waals surface area contributed by atoms with Crippen molar-refractivity contribution in [2.75, 3.05) is 45.9 Å². The summed E-state index contributed by atoms with van der Waals surface area (Å²) in [5.74, 6) is -1.93. The molecule has 1 saturated heterocycles. The van der Waals surface area contributed by atoms with E-state index in [-0.39, 0.29) is 32.2 Å². The van der Waals surface area contributed by atoms with E-state index in [1.54, 1.807) is 12.1 Å². The van der Waals surface area contributed by atoms with Gasteiger partial charge in [-0.15, -0.1) is 0 Å². The minimum Gasteiger partial charge on any atom is -0.467 e. The summed E-state index contributed by atoms with van der Waals surface area (Å²) in [7, 11) is 0. The molecular weight excluding hydrogens is 587 g/mol. The topological polar surface area (TPSA) is 66.2 Å². The lowest BCUT2D eigenvalue weighted by molar-refractivity contribution is -0.143. The van der Waals surface area contributed by atoms with Crippen molar-refractivity contribution < 1.29 is 49.5 Å². The molecule has 7 nitrogen and oxygen atoms in total. The molecule has 1 fully saturated rings. The molecule has 0 unspecified atom stereocenters. The first-order valence-corrected chi connectivity index (χ1v) is 13.2. The molecule has 3 aromatic rings. The largest absolute Gasteiger partial charge is 0.467 e. The van der Waals surface area contributed by atoms with Gasteiger partial charge in [-0.2, -0.15) is 26.3 Å². The molecule has 2 aromatic carbocycles. The van der Waals surface area contributed by atoms with Gasteiger partial charge in [-0.3, -0.25) is 14.5 Å².